The number of halogens is 2. The molecule has 1 aromatic carbocycles. The molecule has 5 rings (SSSR count). The van der Waals surface area contributed by atoms with Crippen LogP contribution in [0.4, 0.5) is 0 Å². The summed E-state index contributed by atoms with van der Waals surface area (Å²) in [4.78, 5) is 13.1. The normalized spacial score (nSPS) is 27.0. The third-order valence-corrected chi connectivity index (χ3v) is 6.40. The van der Waals surface area contributed by atoms with Gasteiger partial charge in [-0.2, -0.15) is 0 Å². The fraction of sp³-hybridized carbons (Fsp3) is 0.500. The van der Waals surface area contributed by atoms with E-state index in [-0.39, 0.29) is 18.0 Å². The summed E-state index contributed by atoms with van der Waals surface area (Å²) in [5.74, 6) is 0.442. The number of carbonyl (C=O) groups excluding carboxylic acids is 1. The van der Waals surface area contributed by atoms with Crippen LogP contribution < -0.4 is 5.32 Å². The molecular formula is C20H20Cl2N2O3. The van der Waals surface area contributed by atoms with E-state index in [1.54, 1.807) is 18.2 Å². The van der Waals surface area contributed by atoms with Gasteiger partial charge < -0.3 is 14.6 Å². The summed E-state index contributed by atoms with van der Waals surface area (Å²) in [5, 5.41) is 8.61. The van der Waals surface area contributed by atoms with Crippen molar-refractivity contribution < 1.29 is 14.1 Å². The van der Waals surface area contributed by atoms with E-state index < -0.39 is 0 Å². The second-order valence-corrected chi connectivity index (χ2v) is 8.59. The first-order valence-corrected chi connectivity index (χ1v) is 10.3. The van der Waals surface area contributed by atoms with Crippen molar-refractivity contribution in [3.63, 3.8) is 0 Å². The fourth-order valence-electron chi connectivity index (χ4n) is 4.33. The number of carbonyl (C=O) groups is 1. The van der Waals surface area contributed by atoms with Crippen LogP contribution in [0.5, 0.6) is 0 Å². The van der Waals surface area contributed by atoms with Gasteiger partial charge in [-0.25, -0.2) is 4.79 Å². The number of fused-ring (bicyclic) bond motifs is 2. The first-order chi connectivity index (χ1) is 13.1. The summed E-state index contributed by atoms with van der Waals surface area (Å²) >= 11 is 12.7. The Labute approximate surface area is 167 Å². The average molecular weight is 407 g/mol. The Morgan fingerprint density at radius 2 is 1.78 bits per heavy atom. The standard InChI is InChI=1S/C20H20Cl2N2O3/c21-14-2-1-3-15(22)16(14)18-17(19(27-24-18)10-4-5-10)20(25)26-13-8-11-6-7-12(9-13)23-11/h1-3,10-13,23H,4-9H2/t11-,12?,13?/m0/s1. The zero-order chi connectivity index (χ0) is 18.5. The van der Waals surface area contributed by atoms with E-state index in [0.29, 0.717) is 44.7 Å². The van der Waals surface area contributed by atoms with Crippen LogP contribution >= 0.6 is 23.2 Å². The summed E-state index contributed by atoms with van der Waals surface area (Å²) in [5.41, 5.74) is 1.29. The molecule has 1 aromatic heterocycles. The van der Waals surface area contributed by atoms with Crippen LogP contribution in [0.15, 0.2) is 22.7 Å². The summed E-state index contributed by atoms with van der Waals surface area (Å²) in [7, 11) is 0. The second-order valence-electron chi connectivity index (χ2n) is 7.78. The third-order valence-electron chi connectivity index (χ3n) is 5.77. The van der Waals surface area contributed by atoms with Gasteiger partial charge in [0.15, 0.2) is 5.76 Å². The number of esters is 1. The highest BCUT2D eigenvalue weighted by Crippen LogP contribution is 2.46. The quantitative estimate of drug-likeness (QED) is 0.726. The molecule has 3 heterocycles. The summed E-state index contributed by atoms with van der Waals surface area (Å²) in [6.45, 7) is 0. The Morgan fingerprint density at radius 3 is 2.41 bits per heavy atom. The highest BCUT2D eigenvalue weighted by molar-refractivity contribution is 6.39. The topological polar surface area (TPSA) is 64.4 Å². The largest absolute Gasteiger partial charge is 0.459 e. The van der Waals surface area contributed by atoms with E-state index in [2.05, 4.69) is 10.5 Å². The van der Waals surface area contributed by atoms with E-state index in [1.165, 1.54) is 0 Å². The lowest BCUT2D eigenvalue weighted by Gasteiger charge is -2.28. The van der Waals surface area contributed by atoms with Gasteiger partial charge in [0.1, 0.15) is 17.4 Å². The molecule has 0 radical (unpaired) electrons. The van der Waals surface area contributed by atoms with Gasteiger partial charge in [0.25, 0.3) is 0 Å². The second kappa shape index (κ2) is 6.80. The van der Waals surface area contributed by atoms with Crippen LogP contribution in [0.3, 0.4) is 0 Å². The molecule has 1 N–H and O–H groups in total. The summed E-state index contributed by atoms with van der Waals surface area (Å²) in [6, 6.07) is 6.12. The molecule has 2 saturated heterocycles. The first-order valence-electron chi connectivity index (χ1n) is 9.51. The van der Waals surface area contributed by atoms with E-state index in [1.807, 2.05) is 0 Å². The van der Waals surface area contributed by atoms with E-state index in [9.17, 15) is 4.79 Å². The molecule has 7 heteroatoms. The van der Waals surface area contributed by atoms with Crippen molar-refractivity contribution in [3.8, 4) is 11.3 Å². The smallest absolute Gasteiger partial charge is 0.344 e. The number of hydrogen-bond donors (Lipinski definition) is 1. The predicted octanol–water partition coefficient (Wildman–Crippen LogP) is 4.97. The molecule has 1 saturated carbocycles. The number of hydrogen-bond acceptors (Lipinski definition) is 5. The monoisotopic (exact) mass is 406 g/mol. The molecule has 2 bridgehead atoms. The molecule has 2 unspecified atom stereocenters. The van der Waals surface area contributed by atoms with E-state index in [4.69, 9.17) is 32.5 Å². The molecule has 1 aliphatic carbocycles. The van der Waals surface area contributed by atoms with Gasteiger partial charge >= 0.3 is 5.97 Å². The molecular weight excluding hydrogens is 387 g/mol. The van der Waals surface area contributed by atoms with Crippen LogP contribution in [0.25, 0.3) is 11.3 Å². The minimum absolute atomic E-state index is 0.0761. The zero-order valence-electron chi connectivity index (χ0n) is 14.7. The molecule has 3 atom stereocenters. The number of benzene rings is 1. The molecule has 5 nitrogen and oxygen atoms in total. The lowest BCUT2D eigenvalue weighted by atomic mass is 10.0. The Balaban J connectivity index is 1.49. The van der Waals surface area contributed by atoms with Gasteiger partial charge in [0.2, 0.25) is 0 Å². The van der Waals surface area contributed by atoms with Crippen molar-refractivity contribution in [2.75, 3.05) is 0 Å². The van der Waals surface area contributed by atoms with Crippen molar-refractivity contribution in [1.29, 1.82) is 0 Å². The molecule has 3 aliphatic rings. The van der Waals surface area contributed by atoms with Crippen molar-refractivity contribution in [2.45, 2.75) is 62.6 Å². The van der Waals surface area contributed by atoms with Gasteiger partial charge in [0.05, 0.1) is 10.0 Å². The van der Waals surface area contributed by atoms with Gasteiger partial charge in [-0.1, -0.05) is 34.4 Å². The number of rotatable bonds is 4. The number of nitrogens with zero attached hydrogens (tertiary/aromatic N) is 1. The van der Waals surface area contributed by atoms with E-state index in [0.717, 1.165) is 38.5 Å². The highest BCUT2D eigenvalue weighted by Gasteiger charge is 2.40. The summed E-state index contributed by atoms with van der Waals surface area (Å²) in [6.07, 6.45) is 5.92. The Hall–Kier alpha value is -1.56. The maximum absolute atomic E-state index is 13.1. The molecule has 2 aromatic rings. The van der Waals surface area contributed by atoms with Gasteiger partial charge in [-0.05, 0) is 50.7 Å². The molecule has 2 aliphatic heterocycles. The number of piperidine rings is 1. The fourth-order valence-corrected chi connectivity index (χ4v) is 4.91. The average Bonchev–Trinajstić information content (AvgIpc) is 3.30. The molecule has 0 spiro atoms. The van der Waals surface area contributed by atoms with Crippen LogP contribution in [-0.2, 0) is 4.74 Å². The number of nitrogens with one attached hydrogen (secondary N) is 1. The van der Waals surface area contributed by atoms with Crippen molar-refractivity contribution in [3.05, 3.63) is 39.6 Å². The number of aromatic nitrogens is 1. The minimum Gasteiger partial charge on any atom is -0.459 e. The van der Waals surface area contributed by atoms with Gasteiger partial charge in [-0.15, -0.1) is 0 Å². The number of ether oxygens (including phenoxy) is 1. The molecule has 142 valence electrons. The van der Waals surface area contributed by atoms with Crippen molar-refractivity contribution >= 4 is 29.2 Å². The maximum Gasteiger partial charge on any atom is 0.344 e. The SMILES string of the molecule is O=C(OC1CC2CC[C@@H](C1)N2)c1c(-c2c(Cl)cccc2Cl)noc1C1CC1. The Morgan fingerprint density at radius 1 is 1.11 bits per heavy atom. The molecule has 0 amide bonds. The van der Waals surface area contributed by atoms with Crippen LogP contribution in [-0.4, -0.2) is 29.3 Å². The third kappa shape index (κ3) is 3.26. The zero-order valence-corrected chi connectivity index (χ0v) is 16.2. The Bertz CT molecular complexity index is 861. The molecule has 3 fully saturated rings. The van der Waals surface area contributed by atoms with Gasteiger partial charge in [-0.3, -0.25) is 0 Å². The van der Waals surface area contributed by atoms with Crippen LogP contribution in [0.1, 0.15) is 60.6 Å². The van der Waals surface area contributed by atoms with E-state index >= 15 is 0 Å². The Kier molecular flexibility index (Phi) is 4.42. The minimum atomic E-state index is -0.379. The van der Waals surface area contributed by atoms with Crippen LogP contribution in [0, 0.1) is 0 Å². The lowest BCUT2D eigenvalue weighted by Crippen LogP contribution is -2.42. The predicted molar refractivity (Wildman–Crippen MR) is 102 cm³/mol. The van der Waals surface area contributed by atoms with Crippen LogP contribution in [0.2, 0.25) is 10.0 Å². The lowest BCUT2D eigenvalue weighted by molar-refractivity contribution is 0.0175. The van der Waals surface area contributed by atoms with Crippen molar-refractivity contribution in [1.82, 2.24) is 10.5 Å². The maximum atomic E-state index is 13.1. The first kappa shape index (κ1) is 17.5. The van der Waals surface area contributed by atoms with Gasteiger partial charge in [0, 0.05) is 23.6 Å². The highest BCUT2D eigenvalue weighted by atomic mass is 35.5. The van der Waals surface area contributed by atoms with Crippen molar-refractivity contribution in [2.24, 2.45) is 0 Å². The summed E-state index contributed by atoms with van der Waals surface area (Å²) < 4.78 is 11.5. The molecule has 27 heavy (non-hydrogen) atoms.